The topological polar surface area (TPSA) is 66.3 Å². The molecule has 1 spiro atoms. The lowest BCUT2D eigenvalue weighted by Gasteiger charge is -2.36. The van der Waals surface area contributed by atoms with Gasteiger partial charge in [0.1, 0.15) is 6.61 Å². The summed E-state index contributed by atoms with van der Waals surface area (Å²) in [7, 11) is 1.86. The zero-order valence-electron chi connectivity index (χ0n) is 21.9. The van der Waals surface area contributed by atoms with Gasteiger partial charge in [0.2, 0.25) is 11.6 Å². The number of hydrogen-bond acceptors (Lipinski definition) is 6. The third kappa shape index (κ3) is 5.22. The van der Waals surface area contributed by atoms with Gasteiger partial charge in [-0.3, -0.25) is 9.48 Å². The van der Waals surface area contributed by atoms with Gasteiger partial charge >= 0.3 is 6.18 Å². The first-order chi connectivity index (χ1) is 19.0. The monoisotopic (exact) mass is 589 g/mol. The number of fused-ring (bicyclic) bond motifs is 1. The van der Waals surface area contributed by atoms with Gasteiger partial charge in [-0.2, -0.15) is 18.3 Å². The number of amidine groups is 1. The van der Waals surface area contributed by atoms with Gasteiger partial charge in [-0.05, 0) is 54.3 Å². The molecule has 1 atom stereocenters. The molecule has 6 rings (SSSR count). The molecule has 0 radical (unpaired) electrons. The lowest BCUT2D eigenvalue weighted by atomic mass is 10.0. The fourth-order valence-corrected chi connectivity index (χ4v) is 6.64. The molecule has 7 nitrogen and oxygen atoms in total. The lowest BCUT2D eigenvalue weighted by molar-refractivity contribution is -0.138. The summed E-state index contributed by atoms with van der Waals surface area (Å²) in [6.07, 6.45) is 0.996. The summed E-state index contributed by atoms with van der Waals surface area (Å²) in [5, 5.41) is 6.16. The minimum absolute atomic E-state index is 0.0289. The van der Waals surface area contributed by atoms with Crippen LogP contribution in [-0.2, 0) is 22.3 Å². The molecule has 3 aromatic rings. The second-order valence-electron chi connectivity index (χ2n) is 10.3. The van der Waals surface area contributed by atoms with E-state index in [1.165, 1.54) is 12.1 Å². The number of hydrogen-bond donors (Lipinski definition) is 0. The van der Waals surface area contributed by atoms with E-state index >= 15 is 0 Å². The van der Waals surface area contributed by atoms with Crippen LogP contribution in [0.1, 0.15) is 36.5 Å². The minimum Gasteiger partial charge on any atom is -0.351 e. The van der Waals surface area contributed by atoms with Crippen molar-refractivity contribution in [2.45, 2.75) is 44.3 Å². The van der Waals surface area contributed by atoms with Gasteiger partial charge in [0.05, 0.1) is 28.7 Å². The number of halogens is 4. The Morgan fingerprint density at radius 3 is 2.67 bits per heavy atom. The minimum atomic E-state index is -4.51. The molecular formula is C28H27ClF3N5O2S. The van der Waals surface area contributed by atoms with Crippen LogP contribution < -0.4 is 0 Å². The third-order valence-electron chi connectivity index (χ3n) is 7.72. The Morgan fingerprint density at radius 1 is 1.25 bits per heavy atom. The Morgan fingerprint density at radius 2 is 2.00 bits per heavy atom. The highest BCUT2D eigenvalue weighted by Crippen LogP contribution is 2.50. The van der Waals surface area contributed by atoms with Crippen molar-refractivity contribution >= 4 is 51.4 Å². The van der Waals surface area contributed by atoms with Crippen LogP contribution in [0.4, 0.5) is 13.2 Å². The number of alkyl halides is 3. The second kappa shape index (κ2) is 10.1. The number of aliphatic imine (C=N–C) groups is 1. The number of piperidine rings is 1. The molecule has 2 aromatic carbocycles. The number of benzene rings is 2. The highest BCUT2D eigenvalue weighted by atomic mass is 35.5. The van der Waals surface area contributed by atoms with Crippen molar-refractivity contribution in [2.24, 2.45) is 4.99 Å². The molecule has 1 amide bonds. The maximum atomic E-state index is 13.6. The molecule has 1 aromatic heterocycles. The molecule has 4 heterocycles. The van der Waals surface area contributed by atoms with Crippen molar-refractivity contribution in [3.8, 4) is 0 Å². The average molecular weight is 590 g/mol. The Bertz CT molecular complexity index is 1540. The van der Waals surface area contributed by atoms with E-state index in [4.69, 9.17) is 21.3 Å². The average Bonchev–Trinajstić information content (AvgIpc) is 3.47. The Labute approximate surface area is 238 Å². The van der Waals surface area contributed by atoms with E-state index in [2.05, 4.69) is 16.1 Å². The summed E-state index contributed by atoms with van der Waals surface area (Å²) >= 11 is 7.44. The van der Waals surface area contributed by atoms with Gasteiger partial charge in [0, 0.05) is 43.5 Å². The molecule has 40 heavy (non-hydrogen) atoms. The maximum Gasteiger partial charge on any atom is 0.416 e. The SMILES string of the molecule is CC(=O)N(C)C1CCN(C2=NC3(CO3)/C(=C/c3ccc4c(cnn4Cc4ccc(Cl)cc4C(F)(F)F)c3)S2)CC1. The molecule has 12 heteroatoms. The van der Waals surface area contributed by atoms with E-state index in [1.54, 1.807) is 29.6 Å². The number of nitrogens with zero attached hydrogens (tertiary/aromatic N) is 5. The fraction of sp³-hybridized carbons (Fsp3) is 0.393. The number of ether oxygens (including phenoxy) is 1. The van der Waals surface area contributed by atoms with E-state index in [0.717, 1.165) is 58.5 Å². The van der Waals surface area contributed by atoms with Crippen molar-refractivity contribution in [1.82, 2.24) is 19.6 Å². The van der Waals surface area contributed by atoms with Crippen LogP contribution in [0, 0.1) is 0 Å². The van der Waals surface area contributed by atoms with Crippen molar-refractivity contribution in [3.63, 3.8) is 0 Å². The van der Waals surface area contributed by atoms with Gasteiger partial charge in [-0.15, -0.1) is 0 Å². The summed E-state index contributed by atoms with van der Waals surface area (Å²) in [6, 6.07) is 9.81. The van der Waals surface area contributed by atoms with Crippen LogP contribution in [0.5, 0.6) is 0 Å². The predicted octanol–water partition coefficient (Wildman–Crippen LogP) is 5.87. The molecule has 0 saturated carbocycles. The Kier molecular flexibility index (Phi) is 6.87. The summed E-state index contributed by atoms with van der Waals surface area (Å²) < 4.78 is 48.1. The van der Waals surface area contributed by atoms with E-state index in [9.17, 15) is 18.0 Å². The highest BCUT2D eigenvalue weighted by molar-refractivity contribution is 8.17. The van der Waals surface area contributed by atoms with E-state index in [0.29, 0.717) is 6.61 Å². The summed E-state index contributed by atoms with van der Waals surface area (Å²) in [4.78, 5) is 21.7. The van der Waals surface area contributed by atoms with Crippen LogP contribution in [0.2, 0.25) is 5.02 Å². The summed E-state index contributed by atoms with van der Waals surface area (Å²) in [5.41, 5.74) is 0.380. The Hall–Kier alpha value is -3.02. The van der Waals surface area contributed by atoms with Crippen molar-refractivity contribution in [1.29, 1.82) is 0 Å². The lowest BCUT2D eigenvalue weighted by Crippen LogP contribution is -2.46. The molecule has 0 aliphatic carbocycles. The summed E-state index contributed by atoms with van der Waals surface area (Å²) in [6.45, 7) is 3.75. The smallest absolute Gasteiger partial charge is 0.351 e. The third-order valence-corrected chi connectivity index (χ3v) is 9.14. The predicted molar refractivity (Wildman–Crippen MR) is 150 cm³/mol. The normalized spacial score (nSPS) is 22.4. The number of aromatic nitrogens is 2. The van der Waals surface area contributed by atoms with E-state index < -0.39 is 17.5 Å². The van der Waals surface area contributed by atoms with Crippen LogP contribution in [0.3, 0.4) is 0 Å². The first kappa shape index (κ1) is 27.2. The first-order valence-corrected chi connectivity index (χ1v) is 14.2. The first-order valence-electron chi connectivity index (χ1n) is 13.0. The molecular weight excluding hydrogens is 563 g/mol. The van der Waals surface area contributed by atoms with Gasteiger partial charge in [-0.1, -0.05) is 35.5 Å². The van der Waals surface area contributed by atoms with Crippen LogP contribution >= 0.6 is 23.4 Å². The molecule has 2 saturated heterocycles. The Balaban J connectivity index is 1.18. The number of thioether (sulfide) groups is 1. The standard InChI is InChI=1S/C28H27ClF3N5O2S/c1-17(38)35(2)22-7-9-36(10-8-22)26-34-27(16-39-27)25(40-26)12-18-3-6-24-20(11-18)14-33-37(24)15-19-4-5-21(29)13-23(19)28(30,31)32/h3-6,11-14,22H,7-10,15-16H2,1-2H3/b25-12-. The van der Waals surface area contributed by atoms with Gasteiger partial charge in [0.15, 0.2) is 5.17 Å². The molecule has 3 aliphatic rings. The van der Waals surface area contributed by atoms with Crippen molar-refractivity contribution < 1.29 is 22.7 Å². The van der Waals surface area contributed by atoms with Crippen LogP contribution in [0.25, 0.3) is 17.0 Å². The number of likely N-dealkylation sites (tertiary alicyclic amines) is 1. The molecule has 3 aliphatic heterocycles. The zero-order chi connectivity index (χ0) is 28.2. The summed E-state index contributed by atoms with van der Waals surface area (Å²) in [5.74, 6) is 0.0835. The van der Waals surface area contributed by atoms with Crippen LogP contribution in [0.15, 0.2) is 52.5 Å². The maximum absolute atomic E-state index is 13.6. The van der Waals surface area contributed by atoms with E-state index in [-0.39, 0.29) is 29.1 Å². The second-order valence-corrected chi connectivity index (χ2v) is 11.8. The number of amides is 1. The van der Waals surface area contributed by atoms with Gasteiger partial charge in [0.25, 0.3) is 0 Å². The molecule has 2 fully saturated rings. The van der Waals surface area contributed by atoms with Gasteiger partial charge in [-0.25, -0.2) is 4.99 Å². The van der Waals surface area contributed by atoms with Crippen molar-refractivity contribution in [2.75, 3.05) is 26.7 Å². The quantitative estimate of drug-likeness (QED) is 0.356. The van der Waals surface area contributed by atoms with Gasteiger partial charge < -0.3 is 14.5 Å². The van der Waals surface area contributed by atoms with Crippen molar-refractivity contribution in [3.05, 3.63) is 69.2 Å². The molecule has 0 bridgehead atoms. The van der Waals surface area contributed by atoms with E-state index in [1.807, 2.05) is 30.1 Å². The largest absolute Gasteiger partial charge is 0.416 e. The molecule has 0 N–H and O–H groups in total. The zero-order valence-corrected chi connectivity index (χ0v) is 23.5. The number of carbonyl (C=O) groups is 1. The molecule has 210 valence electrons. The number of carbonyl (C=O) groups excluding carboxylic acids is 1. The highest BCUT2D eigenvalue weighted by Gasteiger charge is 2.54. The fourth-order valence-electron chi connectivity index (χ4n) is 5.25. The number of rotatable bonds is 4. The number of epoxide rings is 1. The van der Waals surface area contributed by atoms with Crippen LogP contribution in [-0.4, -0.2) is 69.2 Å². The molecule has 1 unspecified atom stereocenters.